The van der Waals surface area contributed by atoms with Crippen molar-refractivity contribution in [2.24, 2.45) is 4.99 Å². The Morgan fingerprint density at radius 3 is 2.61 bits per heavy atom. The summed E-state index contributed by atoms with van der Waals surface area (Å²) in [6, 6.07) is 10.1. The number of ether oxygens (including phenoxy) is 1. The van der Waals surface area contributed by atoms with Gasteiger partial charge in [0.05, 0.1) is 6.54 Å². The van der Waals surface area contributed by atoms with Crippen molar-refractivity contribution >= 4 is 29.3 Å². The van der Waals surface area contributed by atoms with Crippen LogP contribution >= 0.6 is 0 Å². The lowest BCUT2D eigenvalue weighted by Crippen LogP contribution is -2.55. The summed E-state index contributed by atoms with van der Waals surface area (Å²) >= 11 is 0. The molecule has 0 radical (unpaired) electrons. The van der Waals surface area contributed by atoms with Gasteiger partial charge in [-0.15, -0.1) is 13.2 Å². The van der Waals surface area contributed by atoms with Gasteiger partial charge >= 0.3 is 6.36 Å². The number of nitrogens with zero attached hydrogens (tertiary/aromatic N) is 3. The molecule has 0 saturated heterocycles. The van der Waals surface area contributed by atoms with Gasteiger partial charge in [0, 0.05) is 38.4 Å². The monoisotopic (exact) mass is 507 g/mol. The molecular formula is C23H28F3N7O3. The van der Waals surface area contributed by atoms with Gasteiger partial charge in [-0.1, -0.05) is 6.07 Å². The average Bonchev–Trinajstić information content (AvgIpc) is 2.84. The topological polar surface area (TPSA) is 120 Å². The summed E-state index contributed by atoms with van der Waals surface area (Å²) in [7, 11) is 1.58. The van der Waals surface area contributed by atoms with E-state index in [2.05, 4.69) is 36.0 Å². The van der Waals surface area contributed by atoms with Crippen LogP contribution in [0.2, 0.25) is 0 Å². The van der Waals surface area contributed by atoms with Crippen molar-refractivity contribution in [2.45, 2.75) is 25.2 Å². The molecule has 0 bridgehead atoms. The lowest BCUT2D eigenvalue weighted by molar-refractivity contribution is -0.274. The number of pyridine rings is 1. The Labute approximate surface area is 206 Å². The SMILES string of the molecule is CN(C(=O)CCNCCCNc1ccc(OC(F)(F)F)cc1)C1CN=C(Nc2ccccn2)NC1=O. The predicted molar refractivity (Wildman–Crippen MR) is 129 cm³/mol. The van der Waals surface area contributed by atoms with Gasteiger partial charge in [-0.25, -0.2) is 9.98 Å². The van der Waals surface area contributed by atoms with Gasteiger partial charge in [-0.05, 0) is 49.4 Å². The second-order valence-corrected chi connectivity index (χ2v) is 7.89. The second kappa shape index (κ2) is 12.7. The zero-order valence-corrected chi connectivity index (χ0v) is 19.6. The highest BCUT2D eigenvalue weighted by molar-refractivity contribution is 6.07. The molecule has 3 rings (SSSR count). The Morgan fingerprint density at radius 1 is 1.17 bits per heavy atom. The lowest BCUT2D eigenvalue weighted by atomic mass is 10.2. The molecule has 1 unspecified atom stereocenters. The Morgan fingerprint density at radius 2 is 1.94 bits per heavy atom. The smallest absolute Gasteiger partial charge is 0.406 e. The second-order valence-electron chi connectivity index (χ2n) is 7.89. The number of anilines is 2. The Hall–Kier alpha value is -3.87. The van der Waals surface area contributed by atoms with E-state index in [4.69, 9.17) is 0 Å². The molecule has 2 amide bonds. The van der Waals surface area contributed by atoms with Crippen LogP contribution in [0.4, 0.5) is 24.7 Å². The average molecular weight is 508 g/mol. The molecule has 1 aromatic heterocycles. The number of halogens is 3. The van der Waals surface area contributed by atoms with Crippen molar-refractivity contribution in [1.29, 1.82) is 0 Å². The van der Waals surface area contributed by atoms with Crippen molar-refractivity contribution < 1.29 is 27.5 Å². The molecule has 13 heteroatoms. The molecule has 0 fully saturated rings. The number of guanidine groups is 1. The maximum Gasteiger partial charge on any atom is 0.573 e. The van der Waals surface area contributed by atoms with Crippen LogP contribution in [0.15, 0.2) is 53.7 Å². The number of hydrogen-bond donors (Lipinski definition) is 4. The number of aliphatic imine (C=N–C) groups is 1. The van der Waals surface area contributed by atoms with Crippen LogP contribution in [0.3, 0.4) is 0 Å². The molecule has 0 spiro atoms. The standard InChI is InChI=1S/C23H28F3N7O3/c1-33(18-15-30-22(32-21(18)35)31-19-5-2-3-12-29-19)20(34)10-14-27-11-4-13-28-16-6-8-17(9-7-16)36-23(24,25)26/h2-3,5-9,12,18,27-28H,4,10-11,13-15H2,1H3,(H2,29,30,31,32,35). The van der Waals surface area contributed by atoms with E-state index in [-0.39, 0.29) is 36.5 Å². The van der Waals surface area contributed by atoms with Crippen LogP contribution in [0.25, 0.3) is 0 Å². The Balaban J connectivity index is 1.29. The molecule has 2 heterocycles. The number of hydrogen-bond acceptors (Lipinski definition) is 8. The lowest BCUT2D eigenvalue weighted by Gasteiger charge is -2.29. The van der Waals surface area contributed by atoms with Crippen LogP contribution in [0.1, 0.15) is 12.8 Å². The first-order valence-electron chi connectivity index (χ1n) is 11.3. The minimum Gasteiger partial charge on any atom is -0.406 e. The highest BCUT2D eigenvalue weighted by atomic mass is 19.4. The zero-order chi connectivity index (χ0) is 26.0. The summed E-state index contributed by atoms with van der Waals surface area (Å²) in [5, 5.41) is 11.8. The molecule has 1 aromatic carbocycles. The highest BCUT2D eigenvalue weighted by Crippen LogP contribution is 2.23. The van der Waals surface area contributed by atoms with Gasteiger partial charge in [-0.3, -0.25) is 14.9 Å². The molecule has 36 heavy (non-hydrogen) atoms. The van der Waals surface area contributed by atoms with Gasteiger partial charge in [0.15, 0.2) is 0 Å². The van der Waals surface area contributed by atoms with Crippen molar-refractivity contribution in [1.82, 2.24) is 20.5 Å². The molecule has 1 aliphatic heterocycles. The fourth-order valence-corrected chi connectivity index (χ4v) is 3.32. The van der Waals surface area contributed by atoms with Crippen molar-refractivity contribution in [3.8, 4) is 5.75 Å². The van der Waals surface area contributed by atoms with Crippen LogP contribution < -0.4 is 26.0 Å². The molecule has 194 valence electrons. The third-order valence-corrected chi connectivity index (χ3v) is 5.20. The summed E-state index contributed by atoms with van der Waals surface area (Å²) in [6.45, 7) is 1.81. The molecule has 4 N–H and O–H groups in total. The molecular weight excluding hydrogens is 479 g/mol. The third kappa shape index (κ3) is 8.73. The van der Waals surface area contributed by atoms with E-state index < -0.39 is 12.4 Å². The van der Waals surface area contributed by atoms with Gasteiger partial charge in [0.1, 0.15) is 17.6 Å². The van der Waals surface area contributed by atoms with Crippen LogP contribution in [0.5, 0.6) is 5.75 Å². The molecule has 1 aliphatic rings. The summed E-state index contributed by atoms with van der Waals surface area (Å²) in [5.74, 6) is 0.0591. The summed E-state index contributed by atoms with van der Waals surface area (Å²) in [5.41, 5.74) is 0.674. The van der Waals surface area contributed by atoms with E-state index >= 15 is 0 Å². The maximum absolute atomic E-state index is 12.5. The van der Waals surface area contributed by atoms with Gasteiger partial charge in [0.2, 0.25) is 11.9 Å². The number of alkyl halides is 3. The normalized spacial score (nSPS) is 15.5. The van der Waals surface area contributed by atoms with E-state index in [0.717, 1.165) is 6.42 Å². The van der Waals surface area contributed by atoms with Gasteiger partial charge < -0.3 is 25.6 Å². The van der Waals surface area contributed by atoms with Crippen LogP contribution in [0, 0.1) is 0 Å². The van der Waals surface area contributed by atoms with E-state index in [1.807, 2.05) is 0 Å². The number of carbonyl (C=O) groups is 2. The van der Waals surface area contributed by atoms with E-state index in [1.54, 1.807) is 31.4 Å². The van der Waals surface area contributed by atoms with Crippen molar-refractivity contribution in [2.75, 3.05) is 43.9 Å². The first kappa shape index (κ1) is 26.7. The molecule has 0 aliphatic carbocycles. The van der Waals surface area contributed by atoms with Crippen molar-refractivity contribution in [3.63, 3.8) is 0 Å². The van der Waals surface area contributed by atoms with Gasteiger partial charge in [-0.2, -0.15) is 0 Å². The highest BCUT2D eigenvalue weighted by Gasteiger charge is 2.31. The fourth-order valence-electron chi connectivity index (χ4n) is 3.32. The molecule has 2 aromatic rings. The summed E-state index contributed by atoms with van der Waals surface area (Å²) < 4.78 is 40.4. The first-order chi connectivity index (χ1) is 17.2. The zero-order valence-electron chi connectivity index (χ0n) is 19.6. The number of amides is 2. The van der Waals surface area contributed by atoms with E-state index in [1.165, 1.54) is 29.2 Å². The molecule has 1 atom stereocenters. The van der Waals surface area contributed by atoms with Gasteiger partial charge in [0.25, 0.3) is 5.91 Å². The van der Waals surface area contributed by atoms with Crippen molar-refractivity contribution in [3.05, 3.63) is 48.7 Å². The first-order valence-corrected chi connectivity index (χ1v) is 11.3. The minimum absolute atomic E-state index is 0.144. The number of rotatable bonds is 11. The quantitative estimate of drug-likeness (QED) is 0.344. The summed E-state index contributed by atoms with van der Waals surface area (Å²) in [4.78, 5) is 34.8. The molecule has 0 saturated carbocycles. The maximum atomic E-state index is 12.5. The fraction of sp³-hybridized carbons (Fsp3) is 0.391. The van der Waals surface area contributed by atoms with Crippen LogP contribution in [-0.4, -0.2) is 73.3 Å². The minimum atomic E-state index is -4.71. The number of carbonyl (C=O) groups excluding carboxylic acids is 2. The third-order valence-electron chi connectivity index (χ3n) is 5.20. The predicted octanol–water partition coefficient (Wildman–Crippen LogP) is 2.19. The number of likely N-dealkylation sites (N-methyl/N-ethyl adjacent to an activating group) is 1. The molecule has 10 nitrogen and oxygen atoms in total. The number of benzene rings is 1. The summed E-state index contributed by atoms with van der Waals surface area (Å²) in [6.07, 6.45) is -2.14. The largest absolute Gasteiger partial charge is 0.573 e. The Kier molecular flexibility index (Phi) is 9.45. The van der Waals surface area contributed by atoms with E-state index in [9.17, 15) is 22.8 Å². The number of nitrogens with one attached hydrogen (secondary N) is 4. The number of aromatic nitrogens is 1. The Bertz CT molecular complexity index is 1030. The van der Waals surface area contributed by atoms with Crippen LogP contribution in [-0.2, 0) is 9.59 Å². The van der Waals surface area contributed by atoms with E-state index in [0.29, 0.717) is 31.1 Å².